The Balaban J connectivity index is 1.53. The molecule has 0 heteroatoms. The molecule has 2 aromatic rings. The molecule has 0 nitrogen and oxygen atoms in total. The summed E-state index contributed by atoms with van der Waals surface area (Å²) in [5.74, 6) is 6.81. The van der Waals surface area contributed by atoms with E-state index in [-0.39, 0.29) is 5.41 Å². The minimum atomic E-state index is 0.0708. The maximum absolute atomic E-state index is 3.41. The highest BCUT2D eigenvalue weighted by Crippen LogP contribution is 2.48. The molecule has 1 aliphatic carbocycles. The van der Waals surface area contributed by atoms with Gasteiger partial charge in [0.15, 0.2) is 0 Å². The van der Waals surface area contributed by atoms with Gasteiger partial charge in [-0.05, 0) is 40.8 Å². The topological polar surface area (TPSA) is 0 Å². The van der Waals surface area contributed by atoms with Crippen molar-refractivity contribution in [2.45, 2.75) is 84.0 Å². The number of hydrogen-bond donors (Lipinski definition) is 0. The number of benzene rings is 2. The predicted molar refractivity (Wildman–Crippen MR) is 118 cm³/mol. The van der Waals surface area contributed by atoms with E-state index < -0.39 is 0 Å². The molecular weight excluding hydrogens is 324 g/mol. The van der Waals surface area contributed by atoms with Crippen LogP contribution in [0.5, 0.6) is 0 Å². The van der Waals surface area contributed by atoms with Crippen LogP contribution in [0.15, 0.2) is 42.5 Å². The van der Waals surface area contributed by atoms with Gasteiger partial charge in [-0.3, -0.25) is 0 Å². The highest BCUT2D eigenvalue weighted by Gasteiger charge is 2.34. The fraction of sp³-hybridized carbons (Fsp3) is 0.481. The van der Waals surface area contributed by atoms with E-state index in [4.69, 9.17) is 0 Å². The Hall–Kier alpha value is -2.00. The minimum absolute atomic E-state index is 0.0708. The summed E-state index contributed by atoms with van der Waals surface area (Å²) < 4.78 is 0. The Morgan fingerprint density at radius 1 is 0.741 bits per heavy atom. The van der Waals surface area contributed by atoms with E-state index in [9.17, 15) is 0 Å². The lowest BCUT2D eigenvalue weighted by Gasteiger charge is -2.21. The van der Waals surface area contributed by atoms with Gasteiger partial charge < -0.3 is 0 Å². The van der Waals surface area contributed by atoms with E-state index in [1.807, 2.05) is 0 Å². The van der Waals surface area contributed by atoms with Crippen molar-refractivity contribution in [3.63, 3.8) is 0 Å². The van der Waals surface area contributed by atoms with Crippen LogP contribution in [0.1, 0.15) is 95.2 Å². The number of hydrogen-bond acceptors (Lipinski definition) is 0. The van der Waals surface area contributed by atoms with Crippen molar-refractivity contribution in [2.24, 2.45) is 0 Å². The smallest absolute Gasteiger partial charge is 0.0248 e. The van der Waals surface area contributed by atoms with Crippen molar-refractivity contribution in [3.05, 3.63) is 59.2 Å². The molecule has 0 saturated heterocycles. The molecule has 0 saturated carbocycles. The highest BCUT2D eigenvalue weighted by molar-refractivity contribution is 5.81. The normalized spacial score (nSPS) is 13.6. The first kappa shape index (κ1) is 19.8. The first-order valence-corrected chi connectivity index (χ1v) is 10.9. The molecule has 27 heavy (non-hydrogen) atoms. The summed E-state index contributed by atoms with van der Waals surface area (Å²) in [4.78, 5) is 0. The lowest BCUT2D eigenvalue weighted by molar-refractivity contribution is 0.579. The second-order valence-corrected chi connectivity index (χ2v) is 8.46. The Labute approximate surface area is 166 Å². The molecular formula is C27H34. The van der Waals surface area contributed by atoms with Gasteiger partial charge in [0.05, 0.1) is 0 Å². The molecule has 0 aliphatic heterocycles. The lowest BCUT2D eigenvalue weighted by Crippen LogP contribution is -2.14. The zero-order valence-electron chi connectivity index (χ0n) is 17.4. The van der Waals surface area contributed by atoms with Gasteiger partial charge in [-0.1, -0.05) is 108 Å². The van der Waals surface area contributed by atoms with Gasteiger partial charge in [0, 0.05) is 17.4 Å². The second kappa shape index (κ2) is 9.27. The van der Waals surface area contributed by atoms with Crippen LogP contribution < -0.4 is 0 Å². The molecule has 0 unspecified atom stereocenters. The second-order valence-electron chi connectivity index (χ2n) is 8.46. The van der Waals surface area contributed by atoms with Crippen LogP contribution in [-0.4, -0.2) is 0 Å². The summed E-state index contributed by atoms with van der Waals surface area (Å²) in [5.41, 5.74) is 6.85. The van der Waals surface area contributed by atoms with E-state index in [2.05, 4.69) is 75.1 Å². The third-order valence-corrected chi connectivity index (χ3v) is 5.97. The van der Waals surface area contributed by atoms with Crippen LogP contribution in [0, 0.1) is 11.8 Å². The molecule has 0 N–H and O–H groups in total. The standard InChI is InChI=1S/C27H34/c1-4-5-6-7-8-9-10-11-12-13-16-22-19-20-24-23-17-14-15-18-25(23)27(2,3)26(24)21-22/h14-15,17-21H,4-12H2,1-3H3. The third-order valence-electron chi connectivity index (χ3n) is 5.97. The lowest BCUT2D eigenvalue weighted by atomic mass is 9.82. The van der Waals surface area contributed by atoms with Crippen molar-refractivity contribution in [3.8, 4) is 23.0 Å². The molecule has 0 heterocycles. The minimum Gasteiger partial charge on any atom is -0.0979 e. The summed E-state index contributed by atoms with van der Waals surface area (Å²) in [7, 11) is 0. The molecule has 0 radical (unpaired) electrons. The summed E-state index contributed by atoms with van der Waals surface area (Å²) in [6.45, 7) is 6.93. The van der Waals surface area contributed by atoms with Gasteiger partial charge in [-0.2, -0.15) is 0 Å². The zero-order valence-corrected chi connectivity index (χ0v) is 17.4. The van der Waals surface area contributed by atoms with Crippen molar-refractivity contribution >= 4 is 0 Å². The summed E-state index contributed by atoms with van der Waals surface area (Å²) in [5, 5.41) is 0. The molecule has 0 aromatic heterocycles. The van der Waals surface area contributed by atoms with E-state index in [1.165, 1.54) is 73.6 Å². The van der Waals surface area contributed by atoms with Gasteiger partial charge in [0.1, 0.15) is 0 Å². The maximum atomic E-state index is 3.41. The first-order chi connectivity index (χ1) is 13.1. The molecule has 0 spiro atoms. The fourth-order valence-electron chi connectivity index (χ4n) is 4.29. The number of unbranched alkanes of at least 4 members (excludes halogenated alkanes) is 8. The van der Waals surface area contributed by atoms with Gasteiger partial charge in [0.2, 0.25) is 0 Å². The van der Waals surface area contributed by atoms with E-state index >= 15 is 0 Å². The van der Waals surface area contributed by atoms with Crippen LogP contribution in [0.3, 0.4) is 0 Å². The maximum Gasteiger partial charge on any atom is 0.0248 e. The average molecular weight is 359 g/mol. The van der Waals surface area contributed by atoms with Crippen molar-refractivity contribution in [1.82, 2.24) is 0 Å². The SMILES string of the molecule is CCCCCCCCCCC#Cc1ccc2c(c1)C(C)(C)c1ccccc1-2. The summed E-state index contributed by atoms with van der Waals surface area (Å²) in [6, 6.07) is 15.6. The number of rotatable bonds is 8. The molecule has 0 amide bonds. The Bertz CT molecular complexity index is 813. The predicted octanol–water partition coefficient (Wildman–Crippen LogP) is 7.88. The molecule has 1 aliphatic rings. The van der Waals surface area contributed by atoms with Crippen molar-refractivity contribution in [1.29, 1.82) is 0 Å². The number of fused-ring (bicyclic) bond motifs is 3. The van der Waals surface area contributed by atoms with Crippen LogP contribution >= 0.6 is 0 Å². The molecule has 2 aromatic carbocycles. The van der Waals surface area contributed by atoms with Gasteiger partial charge >= 0.3 is 0 Å². The van der Waals surface area contributed by atoms with Gasteiger partial charge in [0.25, 0.3) is 0 Å². The van der Waals surface area contributed by atoms with E-state index in [0.717, 1.165) is 12.0 Å². The Kier molecular flexibility index (Phi) is 6.78. The average Bonchev–Trinajstić information content (AvgIpc) is 2.91. The van der Waals surface area contributed by atoms with Crippen LogP contribution in [0.25, 0.3) is 11.1 Å². The van der Waals surface area contributed by atoms with Crippen molar-refractivity contribution < 1.29 is 0 Å². The molecule has 142 valence electrons. The van der Waals surface area contributed by atoms with E-state index in [1.54, 1.807) is 0 Å². The molecule has 3 rings (SSSR count). The summed E-state index contributed by atoms with van der Waals surface area (Å²) in [6.07, 6.45) is 11.9. The Morgan fingerprint density at radius 2 is 1.41 bits per heavy atom. The molecule has 0 fully saturated rings. The van der Waals surface area contributed by atoms with Crippen molar-refractivity contribution in [2.75, 3.05) is 0 Å². The summed E-state index contributed by atoms with van der Waals surface area (Å²) >= 11 is 0. The monoisotopic (exact) mass is 358 g/mol. The fourth-order valence-corrected chi connectivity index (χ4v) is 4.29. The molecule has 0 bridgehead atoms. The quantitative estimate of drug-likeness (QED) is 0.332. The van der Waals surface area contributed by atoms with E-state index in [0.29, 0.717) is 0 Å². The van der Waals surface area contributed by atoms with Crippen LogP contribution in [0.4, 0.5) is 0 Å². The van der Waals surface area contributed by atoms with Crippen LogP contribution in [-0.2, 0) is 5.41 Å². The first-order valence-electron chi connectivity index (χ1n) is 10.9. The highest BCUT2D eigenvalue weighted by atomic mass is 14.4. The zero-order chi connectivity index (χ0) is 19.1. The molecule has 0 atom stereocenters. The largest absolute Gasteiger partial charge is 0.0979 e. The van der Waals surface area contributed by atoms with Crippen LogP contribution in [0.2, 0.25) is 0 Å². The van der Waals surface area contributed by atoms with Gasteiger partial charge in [-0.25, -0.2) is 0 Å². The van der Waals surface area contributed by atoms with Gasteiger partial charge in [-0.15, -0.1) is 0 Å². The Morgan fingerprint density at radius 3 is 2.19 bits per heavy atom. The third kappa shape index (κ3) is 4.65.